The molecule has 0 aliphatic heterocycles. The summed E-state index contributed by atoms with van der Waals surface area (Å²) < 4.78 is 12.4. The Morgan fingerprint density at radius 1 is 1.17 bits per heavy atom. The molecule has 8 heteroatoms. The first-order valence-corrected chi connectivity index (χ1v) is 10.2. The molecule has 0 bridgehead atoms. The second-order valence-corrected chi connectivity index (χ2v) is 7.64. The molecule has 30 heavy (non-hydrogen) atoms. The number of ether oxygens (including phenoxy) is 1. The normalized spacial score (nSPS) is 10.9. The van der Waals surface area contributed by atoms with E-state index in [1.54, 1.807) is 19.2 Å². The van der Waals surface area contributed by atoms with Gasteiger partial charge in [0.05, 0.1) is 0 Å². The Kier molecular flexibility index (Phi) is 5.33. The molecule has 7 nitrogen and oxygen atoms in total. The van der Waals surface area contributed by atoms with Crippen molar-refractivity contribution >= 4 is 23.1 Å². The van der Waals surface area contributed by atoms with Crippen molar-refractivity contribution in [3.63, 3.8) is 0 Å². The highest BCUT2D eigenvalue weighted by atomic mass is 32.1. The number of Topliss-reactive ketones (excluding diaryl/α,β-unsaturated/α-hetero) is 1. The molecule has 4 aromatic rings. The van der Waals surface area contributed by atoms with Crippen LogP contribution in [-0.2, 0) is 4.74 Å². The van der Waals surface area contributed by atoms with Gasteiger partial charge >= 0.3 is 5.97 Å². The van der Waals surface area contributed by atoms with Crippen LogP contribution in [0.15, 0.2) is 52.5 Å². The number of esters is 1. The molecule has 4 rings (SSSR count). The monoisotopic (exact) mass is 421 g/mol. The zero-order chi connectivity index (χ0) is 21.3. The van der Waals surface area contributed by atoms with E-state index < -0.39 is 5.97 Å². The van der Waals surface area contributed by atoms with E-state index in [4.69, 9.17) is 9.26 Å². The summed E-state index contributed by atoms with van der Waals surface area (Å²) in [4.78, 5) is 29.8. The second kappa shape index (κ2) is 8.08. The van der Waals surface area contributed by atoms with Crippen molar-refractivity contribution in [1.29, 1.82) is 0 Å². The lowest BCUT2D eigenvalue weighted by Gasteiger charge is -2.07. The lowest BCUT2D eigenvalue weighted by atomic mass is 10.1. The number of carbonyl (C=O) groups excluding carboxylic acids is 2. The Labute approximate surface area is 176 Å². The highest BCUT2D eigenvalue weighted by molar-refractivity contribution is 7.12. The van der Waals surface area contributed by atoms with Gasteiger partial charge in [-0.25, -0.2) is 9.78 Å². The van der Waals surface area contributed by atoms with Crippen LogP contribution in [0.3, 0.4) is 0 Å². The Morgan fingerprint density at radius 3 is 2.63 bits per heavy atom. The van der Waals surface area contributed by atoms with Gasteiger partial charge < -0.3 is 9.26 Å². The maximum Gasteiger partial charge on any atom is 0.344 e. The standard InChI is InChI=1S/C22H19N3O4S/c1-13-11-17(14(2)25(13)22-23-9-10-30-22)18(26)12-28-21(27)19-15(3)29-24-20(19)16-7-5-4-6-8-16/h4-11H,12H2,1-3H3. The number of rotatable bonds is 6. The SMILES string of the molecule is Cc1onc(-c2ccccc2)c1C(=O)OCC(=O)c1cc(C)n(-c2nccs2)c1C. The first-order chi connectivity index (χ1) is 14.5. The quantitative estimate of drug-likeness (QED) is 0.335. The molecule has 3 heterocycles. The van der Waals surface area contributed by atoms with E-state index in [1.807, 2.05) is 54.1 Å². The van der Waals surface area contributed by atoms with Crippen molar-refractivity contribution < 1.29 is 18.8 Å². The molecule has 3 aromatic heterocycles. The molecule has 0 N–H and O–H groups in total. The van der Waals surface area contributed by atoms with Crippen molar-refractivity contribution in [2.24, 2.45) is 0 Å². The summed E-state index contributed by atoms with van der Waals surface area (Å²) in [6.07, 6.45) is 1.72. The molecule has 0 fully saturated rings. The molecule has 1 aromatic carbocycles. The lowest BCUT2D eigenvalue weighted by Crippen LogP contribution is -2.15. The minimum Gasteiger partial charge on any atom is -0.454 e. The fraction of sp³-hybridized carbons (Fsp3) is 0.182. The fourth-order valence-corrected chi connectivity index (χ4v) is 4.10. The summed E-state index contributed by atoms with van der Waals surface area (Å²) >= 11 is 1.48. The smallest absolute Gasteiger partial charge is 0.344 e. The van der Waals surface area contributed by atoms with Crippen molar-refractivity contribution in [2.75, 3.05) is 6.61 Å². The van der Waals surface area contributed by atoms with Gasteiger partial charge in [-0.05, 0) is 26.8 Å². The van der Waals surface area contributed by atoms with Gasteiger partial charge in [0, 0.05) is 34.1 Å². The molecule has 0 aliphatic rings. The third-order valence-electron chi connectivity index (χ3n) is 4.79. The molecule has 152 valence electrons. The van der Waals surface area contributed by atoms with Gasteiger partial charge in [0.15, 0.2) is 11.7 Å². The number of thiazole rings is 1. The van der Waals surface area contributed by atoms with Crippen LogP contribution >= 0.6 is 11.3 Å². The van der Waals surface area contributed by atoms with Crippen LogP contribution in [0.25, 0.3) is 16.4 Å². The van der Waals surface area contributed by atoms with Gasteiger partial charge in [0.25, 0.3) is 0 Å². The summed E-state index contributed by atoms with van der Waals surface area (Å²) in [5, 5.41) is 6.64. The van der Waals surface area contributed by atoms with E-state index in [2.05, 4.69) is 10.1 Å². The number of aromatic nitrogens is 3. The summed E-state index contributed by atoms with van der Waals surface area (Å²) in [6.45, 7) is 5.02. The third kappa shape index (κ3) is 3.57. The number of aryl methyl sites for hydroxylation is 2. The van der Waals surface area contributed by atoms with Gasteiger partial charge in [-0.2, -0.15) is 0 Å². The minimum absolute atomic E-state index is 0.224. The van der Waals surface area contributed by atoms with Gasteiger partial charge in [-0.3, -0.25) is 9.36 Å². The summed E-state index contributed by atoms with van der Waals surface area (Å²) in [7, 11) is 0. The number of hydrogen-bond donors (Lipinski definition) is 0. The average molecular weight is 421 g/mol. The Hall–Kier alpha value is -3.52. The molecule has 0 saturated carbocycles. The van der Waals surface area contributed by atoms with Gasteiger partial charge in [-0.15, -0.1) is 11.3 Å². The van der Waals surface area contributed by atoms with Crippen molar-refractivity contribution in [3.8, 4) is 16.4 Å². The highest BCUT2D eigenvalue weighted by Gasteiger charge is 2.25. The van der Waals surface area contributed by atoms with Crippen LogP contribution in [0.5, 0.6) is 0 Å². The number of benzene rings is 1. The predicted molar refractivity (Wildman–Crippen MR) is 112 cm³/mol. The Balaban J connectivity index is 1.53. The van der Waals surface area contributed by atoms with Crippen molar-refractivity contribution in [1.82, 2.24) is 14.7 Å². The average Bonchev–Trinajstić information content (AvgIpc) is 3.46. The number of ketones is 1. The number of nitrogens with zero attached hydrogens (tertiary/aromatic N) is 3. The third-order valence-corrected chi connectivity index (χ3v) is 5.55. The second-order valence-electron chi connectivity index (χ2n) is 6.76. The molecule has 0 saturated heterocycles. The molecular formula is C22H19N3O4S. The minimum atomic E-state index is -0.644. The molecule has 0 radical (unpaired) electrons. The Bertz CT molecular complexity index is 1210. The summed E-state index contributed by atoms with van der Waals surface area (Å²) in [6, 6.07) is 11.0. The number of hydrogen-bond acceptors (Lipinski definition) is 7. The van der Waals surface area contributed by atoms with Crippen molar-refractivity contribution in [2.45, 2.75) is 20.8 Å². The topological polar surface area (TPSA) is 87.2 Å². The molecule has 0 amide bonds. The first kappa shape index (κ1) is 19.8. The number of carbonyl (C=O) groups is 2. The van der Waals surface area contributed by atoms with Gasteiger partial charge in [-0.1, -0.05) is 35.5 Å². The van der Waals surface area contributed by atoms with E-state index in [9.17, 15) is 9.59 Å². The predicted octanol–water partition coefficient (Wildman–Crippen LogP) is 4.55. The lowest BCUT2D eigenvalue weighted by molar-refractivity contribution is 0.0473. The first-order valence-electron chi connectivity index (χ1n) is 9.28. The van der Waals surface area contributed by atoms with E-state index in [0.717, 1.165) is 22.1 Å². The van der Waals surface area contributed by atoms with Gasteiger partial charge in [0.2, 0.25) is 5.78 Å². The molecule has 0 aliphatic carbocycles. The van der Waals surface area contributed by atoms with E-state index in [1.165, 1.54) is 11.3 Å². The molecular weight excluding hydrogens is 402 g/mol. The van der Waals surface area contributed by atoms with Crippen LogP contribution in [-0.4, -0.2) is 33.1 Å². The Morgan fingerprint density at radius 2 is 1.93 bits per heavy atom. The zero-order valence-electron chi connectivity index (χ0n) is 16.7. The van der Waals surface area contributed by atoms with E-state index in [-0.39, 0.29) is 18.0 Å². The van der Waals surface area contributed by atoms with Crippen LogP contribution < -0.4 is 0 Å². The van der Waals surface area contributed by atoms with Crippen LogP contribution in [0.4, 0.5) is 0 Å². The fourth-order valence-electron chi connectivity index (χ4n) is 3.35. The van der Waals surface area contributed by atoms with Gasteiger partial charge in [0.1, 0.15) is 17.0 Å². The van der Waals surface area contributed by atoms with Crippen LogP contribution in [0, 0.1) is 20.8 Å². The zero-order valence-corrected chi connectivity index (χ0v) is 17.5. The molecule has 0 atom stereocenters. The summed E-state index contributed by atoms with van der Waals surface area (Å²) in [5.41, 5.74) is 3.50. The van der Waals surface area contributed by atoms with Crippen molar-refractivity contribution in [3.05, 3.63) is 76.3 Å². The summed E-state index contributed by atoms with van der Waals surface area (Å²) in [5.74, 6) is -0.586. The van der Waals surface area contributed by atoms with E-state index >= 15 is 0 Å². The largest absolute Gasteiger partial charge is 0.454 e. The molecule has 0 unspecified atom stereocenters. The van der Waals surface area contributed by atoms with E-state index in [0.29, 0.717) is 17.0 Å². The maximum absolute atomic E-state index is 12.8. The maximum atomic E-state index is 12.8. The van der Waals surface area contributed by atoms with Crippen LogP contribution in [0.1, 0.15) is 37.9 Å². The molecule has 0 spiro atoms. The highest BCUT2D eigenvalue weighted by Crippen LogP contribution is 2.26. The van der Waals surface area contributed by atoms with Crippen LogP contribution in [0.2, 0.25) is 0 Å².